The number of methoxy groups -OCH3 is 2. The highest BCUT2D eigenvalue weighted by Gasteiger charge is 2.34. The van der Waals surface area contributed by atoms with Gasteiger partial charge in [0.05, 0.1) is 26.0 Å². The molecule has 0 spiro atoms. The van der Waals surface area contributed by atoms with Crippen LogP contribution in [0.4, 0.5) is 0 Å². The Kier molecular flexibility index (Phi) is 5.03. The first kappa shape index (κ1) is 17.8. The van der Waals surface area contributed by atoms with Gasteiger partial charge in [-0.25, -0.2) is 0 Å². The van der Waals surface area contributed by atoms with E-state index in [2.05, 4.69) is 26.1 Å². The zero-order chi connectivity index (χ0) is 18.1. The Hall–Kier alpha value is -2.02. The van der Waals surface area contributed by atoms with E-state index in [0.717, 1.165) is 36.3 Å². The molecule has 0 aliphatic carbocycles. The molecule has 1 saturated heterocycles. The first-order valence-corrected chi connectivity index (χ1v) is 9.01. The Morgan fingerprint density at radius 2 is 1.92 bits per heavy atom. The monoisotopic (exact) mass is 407 g/mol. The minimum Gasteiger partial charge on any atom is -0.495 e. The van der Waals surface area contributed by atoms with Crippen molar-refractivity contribution in [3.8, 4) is 11.5 Å². The van der Waals surface area contributed by atoms with Gasteiger partial charge in [-0.15, -0.1) is 0 Å². The second-order valence-corrected chi connectivity index (χ2v) is 6.99. The fourth-order valence-corrected chi connectivity index (χ4v) is 4.07. The Morgan fingerprint density at radius 3 is 2.44 bits per heavy atom. The number of rotatable bonds is 4. The molecule has 0 bridgehead atoms. The average Bonchev–Trinajstić information content (AvgIpc) is 3.20. The Bertz CT molecular complexity index is 758. The van der Waals surface area contributed by atoms with Gasteiger partial charge in [-0.1, -0.05) is 0 Å². The third kappa shape index (κ3) is 3.13. The number of benzene rings is 1. The molecule has 1 aromatic heterocycles. The van der Waals surface area contributed by atoms with Gasteiger partial charge in [-0.2, -0.15) is 5.10 Å². The normalized spacial score (nSPS) is 17.0. The second kappa shape index (κ2) is 7.07. The number of halogens is 1. The van der Waals surface area contributed by atoms with Crippen LogP contribution in [-0.4, -0.2) is 41.8 Å². The van der Waals surface area contributed by atoms with Crippen molar-refractivity contribution in [1.82, 2.24) is 15.1 Å². The maximum atomic E-state index is 13.2. The van der Waals surface area contributed by atoms with Crippen molar-refractivity contribution in [2.45, 2.75) is 32.7 Å². The molecule has 1 aliphatic heterocycles. The highest BCUT2D eigenvalue weighted by Crippen LogP contribution is 2.39. The van der Waals surface area contributed by atoms with Gasteiger partial charge in [0.2, 0.25) is 0 Å². The van der Waals surface area contributed by atoms with Crippen LogP contribution in [0.25, 0.3) is 0 Å². The molecule has 3 rings (SSSR count). The number of nitrogens with zero attached hydrogens (tertiary/aromatic N) is 2. The number of hydrogen-bond donors (Lipinski definition) is 1. The van der Waals surface area contributed by atoms with Crippen molar-refractivity contribution in [2.75, 3.05) is 20.8 Å². The molecule has 1 atom stereocenters. The topological polar surface area (TPSA) is 67.5 Å². The molecule has 1 N–H and O–H groups in total. The molecule has 1 aliphatic rings. The Labute approximate surface area is 155 Å². The largest absolute Gasteiger partial charge is 0.495 e. The predicted molar refractivity (Wildman–Crippen MR) is 98.3 cm³/mol. The molecule has 1 fully saturated rings. The zero-order valence-corrected chi connectivity index (χ0v) is 16.4. The van der Waals surface area contributed by atoms with Crippen LogP contribution in [0.15, 0.2) is 16.6 Å². The number of aromatic amines is 1. The molecule has 2 heterocycles. The van der Waals surface area contributed by atoms with E-state index in [9.17, 15) is 4.79 Å². The minimum atomic E-state index is -0.0217. The molecule has 7 heteroatoms. The number of nitrogens with one attached hydrogen (secondary N) is 1. The van der Waals surface area contributed by atoms with E-state index >= 15 is 0 Å². The van der Waals surface area contributed by atoms with E-state index in [-0.39, 0.29) is 11.9 Å². The third-order valence-corrected chi connectivity index (χ3v) is 5.51. The van der Waals surface area contributed by atoms with E-state index in [0.29, 0.717) is 21.5 Å². The summed E-state index contributed by atoms with van der Waals surface area (Å²) in [5.74, 6) is 1.13. The molecule has 1 aromatic carbocycles. The number of H-pyrrole nitrogens is 1. The van der Waals surface area contributed by atoms with Gasteiger partial charge in [0.1, 0.15) is 16.0 Å². The van der Waals surface area contributed by atoms with Crippen LogP contribution in [0.5, 0.6) is 11.5 Å². The lowest BCUT2D eigenvalue weighted by molar-refractivity contribution is 0.0734. The summed E-state index contributed by atoms with van der Waals surface area (Å²) in [5, 5.41) is 7.31. The molecule has 0 unspecified atom stereocenters. The predicted octanol–water partition coefficient (Wildman–Crippen LogP) is 3.78. The summed E-state index contributed by atoms with van der Waals surface area (Å²) in [6.45, 7) is 4.71. The summed E-state index contributed by atoms with van der Waals surface area (Å²) in [7, 11) is 3.15. The summed E-state index contributed by atoms with van der Waals surface area (Å²) in [4.78, 5) is 15.1. The van der Waals surface area contributed by atoms with Crippen molar-refractivity contribution in [3.63, 3.8) is 0 Å². The Morgan fingerprint density at radius 1 is 1.28 bits per heavy atom. The summed E-state index contributed by atoms with van der Waals surface area (Å²) < 4.78 is 11.4. The second-order valence-electron chi connectivity index (χ2n) is 6.20. The SMILES string of the molecule is COc1cc(C(=O)N2CCC[C@@H]2c2c(C)n[nH]c2C)cc(OC)c1Br. The first-order chi connectivity index (χ1) is 12.0. The van der Waals surface area contributed by atoms with E-state index in [1.165, 1.54) is 0 Å². The molecule has 1 amide bonds. The molecule has 6 nitrogen and oxygen atoms in total. The summed E-state index contributed by atoms with van der Waals surface area (Å²) in [5.41, 5.74) is 3.66. The van der Waals surface area contributed by atoms with Crippen LogP contribution in [0.1, 0.15) is 46.2 Å². The quantitative estimate of drug-likeness (QED) is 0.836. The Balaban J connectivity index is 1.97. The number of aromatic nitrogens is 2. The van der Waals surface area contributed by atoms with Gasteiger partial charge >= 0.3 is 0 Å². The van der Waals surface area contributed by atoms with Gasteiger partial charge in [-0.05, 0) is 54.8 Å². The van der Waals surface area contributed by atoms with E-state index in [4.69, 9.17) is 9.47 Å². The fraction of sp³-hybridized carbons (Fsp3) is 0.444. The van der Waals surface area contributed by atoms with Gasteiger partial charge < -0.3 is 14.4 Å². The highest BCUT2D eigenvalue weighted by molar-refractivity contribution is 9.10. The molecular formula is C18H22BrN3O3. The number of carbonyl (C=O) groups is 1. The van der Waals surface area contributed by atoms with Gasteiger partial charge in [0.25, 0.3) is 5.91 Å². The standard InChI is InChI=1S/C18H22BrN3O3/c1-10-16(11(2)21-20-10)13-6-5-7-22(13)18(23)12-8-14(24-3)17(19)15(9-12)25-4/h8-9,13H,5-7H2,1-4H3,(H,20,21)/t13-/m1/s1. The van der Waals surface area contributed by atoms with Gasteiger partial charge in [-0.3, -0.25) is 9.89 Å². The zero-order valence-electron chi connectivity index (χ0n) is 14.9. The summed E-state index contributed by atoms with van der Waals surface area (Å²) in [6.07, 6.45) is 1.92. The van der Waals surface area contributed by atoms with Crippen LogP contribution >= 0.6 is 15.9 Å². The summed E-state index contributed by atoms with van der Waals surface area (Å²) >= 11 is 3.44. The number of amides is 1. The number of ether oxygens (including phenoxy) is 2. The van der Waals surface area contributed by atoms with Crippen LogP contribution in [0.2, 0.25) is 0 Å². The van der Waals surface area contributed by atoms with Gasteiger partial charge in [0, 0.05) is 23.4 Å². The fourth-order valence-electron chi connectivity index (χ4n) is 3.52. The average molecular weight is 408 g/mol. The molecule has 134 valence electrons. The lowest BCUT2D eigenvalue weighted by Crippen LogP contribution is -2.31. The first-order valence-electron chi connectivity index (χ1n) is 8.21. The van der Waals surface area contributed by atoms with Crippen molar-refractivity contribution in [3.05, 3.63) is 39.1 Å². The van der Waals surface area contributed by atoms with E-state index < -0.39 is 0 Å². The number of aryl methyl sites for hydroxylation is 2. The van der Waals surface area contributed by atoms with Crippen molar-refractivity contribution in [2.24, 2.45) is 0 Å². The van der Waals surface area contributed by atoms with Crippen molar-refractivity contribution < 1.29 is 14.3 Å². The van der Waals surface area contributed by atoms with Crippen molar-refractivity contribution in [1.29, 1.82) is 0 Å². The summed E-state index contributed by atoms with van der Waals surface area (Å²) in [6, 6.07) is 3.55. The molecule has 25 heavy (non-hydrogen) atoms. The van der Waals surface area contributed by atoms with Gasteiger partial charge in [0.15, 0.2) is 0 Å². The smallest absolute Gasteiger partial charge is 0.254 e. The highest BCUT2D eigenvalue weighted by atomic mass is 79.9. The van der Waals surface area contributed by atoms with Crippen LogP contribution in [0.3, 0.4) is 0 Å². The number of likely N-dealkylation sites (tertiary alicyclic amines) is 1. The van der Waals surface area contributed by atoms with Crippen LogP contribution < -0.4 is 9.47 Å². The maximum Gasteiger partial charge on any atom is 0.254 e. The lowest BCUT2D eigenvalue weighted by atomic mass is 10.0. The van der Waals surface area contributed by atoms with Crippen molar-refractivity contribution >= 4 is 21.8 Å². The van der Waals surface area contributed by atoms with Crippen LogP contribution in [-0.2, 0) is 0 Å². The molecule has 2 aromatic rings. The minimum absolute atomic E-state index is 0.0217. The van der Waals surface area contributed by atoms with Crippen LogP contribution in [0, 0.1) is 13.8 Å². The third-order valence-electron chi connectivity index (χ3n) is 4.72. The molecule has 0 saturated carbocycles. The number of hydrogen-bond acceptors (Lipinski definition) is 4. The van der Waals surface area contributed by atoms with E-state index in [1.54, 1.807) is 26.4 Å². The molecule has 0 radical (unpaired) electrons. The maximum absolute atomic E-state index is 13.2. The lowest BCUT2D eigenvalue weighted by Gasteiger charge is -2.26. The molecular weight excluding hydrogens is 386 g/mol. The number of carbonyl (C=O) groups excluding carboxylic acids is 1. The van der Waals surface area contributed by atoms with E-state index in [1.807, 2.05) is 18.7 Å².